The highest BCUT2D eigenvalue weighted by molar-refractivity contribution is 5.92. The molecule has 1 fully saturated rings. The standard InChI is InChI=1S/C11H9F2NO4/c12-7-2-1-6(3-8(7)13)9-4-18-5-10(15)14(9)11(16)17/h1-3,9H,4-5H2,(H,16,17). The van der Waals surface area contributed by atoms with Gasteiger partial charge in [0.2, 0.25) is 0 Å². The van der Waals surface area contributed by atoms with Crippen molar-refractivity contribution in [1.29, 1.82) is 0 Å². The lowest BCUT2D eigenvalue weighted by Gasteiger charge is -2.31. The molecule has 1 N–H and O–H groups in total. The number of carboxylic acid groups (broad SMARTS) is 1. The molecule has 96 valence electrons. The van der Waals surface area contributed by atoms with Crippen LogP contribution >= 0.6 is 0 Å². The zero-order chi connectivity index (χ0) is 13.3. The van der Waals surface area contributed by atoms with E-state index >= 15 is 0 Å². The minimum absolute atomic E-state index is 0.0802. The van der Waals surface area contributed by atoms with Crippen molar-refractivity contribution in [2.75, 3.05) is 13.2 Å². The molecule has 1 saturated heterocycles. The molecule has 1 atom stereocenters. The third-order valence-corrected chi connectivity index (χ3v) is 2.62. The quantitative estimate of drug-likeness (QED) is 0.828. The topological polar surface area (TPSA) is 66.8 Å². The molecule has 18 heavy (non-hydrogen) atoms. The number of morpholine rings is 1. The second-order valence-corrected chi connectivity index (χ2v) is 3.75. The van der Waals surface area contributed by atoms with E-state index in [0.29, 0.717) is 4.90 Å². The van der Waals surface area contributed by atoms with Crippen LogP contribution in [0.3, 0.4) is 0 Å². The first kappa shape index (κ1) is 12.4. The Morgan fingerprint density at radius 2 is 2.11 bits per heavy atom. The molecular formula is C11H9F2NO4. The number of benzene rings is 1. The first-order chi connectivity index (χ1) is 8.50. The van der Waals surface area contributed by atoms with Crippen molar-refractivity contribution in [3.05, 3.63) is 35.4 Å². The maximum atomic E-state index is 13.1. The summed E-state index contributed by atoms with van der Waals surface area (Å²) in [5, 5.41) is 8.95. The molecule has 0 bridgehead atoms. The van der Waals surface area contributed by atoms with Crippen molar-refractivity contribution in [3.8, 4) is 0 Å². The average Bonchev–Trinajstić information content (AvgIpc) is 2.32. The van der Waals surface area contributed by atoms with Gasteiger partial charge in [0.05, 0.1) is 12.6 Å². The van der Waals surface area contributed by atoms with E-state index < -0.39 is 29.7 Å². The summed E-state index contributed by atoms with van der Waals surface area (Å²) < 4.78 is 30.8. The minimum Gasteiger partial charge on any atom is -0.465 e. The molecule has 1 unspecified atom stereocenters. The minimum atomic E-state index is -1.45. The van der Waals surface area contributed by atoms with E-state index in [2.05, 4.69) is 0 Å². The van der Waals surface area contributed by atoms with Gasteiger partial charge in [-0.3, -0.25) is 4.79 Å². The summed E-state index contributed by atoms with van der Waals surface area (Å²) in [7, 11) is 0. The number of hydrogen-bond donors (Lipinski definition) is 1. The number of carbonyl (C=O) groups excluding carboxylic acids is 1. The molecule has 0 radical (unpaired) electrons. The van der Waals surface area contributed by atoms with Crippen molar-refractivity contribution < 1.29 is 28.2 Å². The Morgan fingerprint density at radius 1 is 1.39 bits per heavy atom. The van der Waals surface area contributed by atoms with Gasteiger partial charge in [-0.1, -0.05) is 6.07 Å². The lowest BCUT2D eigenvalue weighted by Crippen LogP contribution is -2.47. The summed E-state index contributed by atoms with van der Waals surface area (Å²) in [5.41, 5.74) is 0.171. The molecular weight excluding hydrogens is 248 g/mol. The van der Waals surface area contributed by atoms with Gasteiger partial charge < -0.3 is 9.84 Å². The van der Waals surface area contributed by atoms with Gasteiger partial charge >= 0.3 is 6.09 Å². The zero-order valence-corrected chi connectivity index (χ0v) is 9.10. The number of hydrogen-bond acceptors (Lipinski definition) is 3. The van der Waals surface area contributed by atoms with E-state index in [4.69, 9.17) is 9.84 Å². The van der Waals surface area contributed by atoms with Crippen LogP contribution in [0.5, 0.6) is 0 Å². The molecule has 5 nitrogen and oxygen atoms in total. The second kappa shape index (κ2) is 4.69. The Balaban J connectivity index is 2.37. The Bertz CT molecular complexity index is 506. The number of imide groups is 1. The zero-order valence-electron chi connectivity index (χ0n) is 9.10. The van der Waals surface area contributed by atoms with Crippen molar-refractivity contribution in [2.45, 2.75) is 6.04 Å². The maximum absolute atomic E-state index is 13.1. The molecule has 0 spiro atoms. The monoisotopic (exact) mass is 257 g/mol. The van der Waals surface area contributed by atoms with Gasteiger partial charge in [-0.25, -0.2) is 18.5 Å². The second-order valence-electron chi connectivity index (χ2n) is 3.75. The first-order valence-electron chi connectivity index (χ1n) is 5.08. The summed E-state index contributed by atoms with van der Waals surface area (Å²) in [6, 6.07) is 2.00. The van der Waals surface area contributed by atoms with Gasteiger partial charge in [0, 0.05) is 0 Å². The van der Waals surface area contributed by atoms with Crippen molar-refractivity contribution >= 4 is 12.0 Å². The molecule has 0 saturated carbocycles. The number of rotatable bonds is 1. The van der Waals surface area contributed by atoms with E-state index in [-0.39, 0.29) is 18.8 Å². The van der Waals surface area contributed by atoms with Gasteiger partial charge in [0.1, 0.15) is 6.61 Å². The summed E-state index contributed by atoms with van der Waals surface area (Å²) in [6.07, 6.45) is -1.45. The van der Waals surface area contributed by atoms with Crippen LogP contribution in [0.2, 0.25) is 0 Å². The van der Waals surface area contributed by atoms with Gasteiger partial charge in [-0.05, 0) is 17.7 Å². The van der Waals surface area contributed by atoms with Crippen LogP contribution in [0.15, 0.2) is 18.2 Å². The van der Waals surface area contributed by atoms with E-state index in [9.17, 15) is 18.4 Å². The largest absolute Gasteiger partial charge is 0.465 e. The molecule has 1 aliphatic heterocycles. The lowest BCUT2D eigenvalue weighted by atomic mass is 10.0. The fourth-order valence-corrected chi connectivity index (χ4v) is 1.78. The highest BCUT2D eigenvalue weighted by atomic mass is 19.2. The Kier molecular flexibility index (Phi) is 3.24. The van der Waals surface area contributed by atoms with Gasteiger partial charge in [-0.2, -0.15) is 0 Å². The fourth-order valence-electron chi connectivity index (χ4n) is 1.78. The molecule has 0 aliphatic carbocycles. The predicted octanol–water partition coefficient (Wildman–Crippen LogP) is 1.54. The fraction of sp³-hybridized carbons (Fsp3) is 0.273. The van der Waals surface area contributed by atoms with Crippen LogP contribution in [0.1, 0.15) is 11.6 Å². The summed E-state index contributed by atoms with van der Waals surface area (Å²) >= 11 is 0. The van der Waals surface area contributed by atoms with E-state index in [0.717, 1.165) is 12.1 Å². The summed E-state index contributed by atoms with van der Waals surface area (Å²) in [5.74, 6) is -2.87. The van der Waals surface area contributed by atoms with Gasteiger partial charge in [0.25, 0.3) is 5.91 Å². The van der Waals surface area contributed by atoms with E-state index in [1.165, 1.54) is 6.07 Å². The number of halogens is 2. The molecule has 1 heterocycles. The normalized spacial score (nSPS) is 20.0. The summed E-state index contributed by atoms with van der Waals surface area (Å²) in [4.78, 5) is 23.0. The molecule has 1 aromatic carbocycles. The average molecular weight is 257 g/mol. The van der Waals surface area contributed by atoms with Crippen LogP contribution in [-0.2, 0) is 9.53 Å². The molecule has 1 aliphatic rings. The Labute approximate surface area is 101 Å². The predicted molar refractivity (Wildman–Crippen MR) is 54.8 cm³/mol. The number of ether oxygens (including phenoxy) is 1. The molecule has 1 aromatic rings. The van der Waals surface area contributed by atoms with Crippen molar-refractivity contribution in [2.24, 2.45) is 0 Å². The van der Waals surface area contributed by atoms with Crippen LogP contribution < -0.4 is 0 Å². The molecule has 2 rings (SSSR count). The van der Waals surface area contributed by atoms with Crippen LogP contribution in [0, 0.1) is 11.6 Å². The lowest BCUT2D eigenvalue weighted by molar-refractivity contribution is -0.144. The van der Waals surface area contributed by atoms with Crippen molar-refractivity contribution in [1.82, 2.24) is 4.90 Å². The number of carbonyl (C=O) groups is 2. The van der Waals surface area contributed by atoms with Gasteiger partial charge in [0.15, 0.2) is 11.6 Å². The Hall–Kier alpha value is -2.02. The SMILES string of the molecule is O=C(O)N1C(=O)COCC1c1ccc(F)c(F)c1. The number of nitrogens with zero attached hydrogens (tertiary/aromatic N) is 1. The third-order valence-electron chi connectivity index (χ3n) is 2.62. The van der Waals surface area contributed by atoms with E-state index in [1.807, 2.05) is 0 Å². The van der Waals surface area contributed by atoms with Gasteiger partial charge in [-0.15, -0.1) is 0 Å². The smallest absolute Gasteiger partial charge is 0.414 e. The molecule has 7 heteroatoms. The van der Waals surface area contributed by atoms with Crippen LogP contribution in [-0.4, -0.2) is 35.2 Å². The Morgan fingerprint density at radius 3 is 2.72 bits per heavy atom. The van der Waals surface area contributed by atoms with E-state index in [1.54, 1.807) is 0 Å². The van der Waals surface area contributed by atoms with Crippen molar-refractivity contribution in [3.63, 3.8) is 0 Å². The summed E-state index contributed by atoms with van der Waals surface area (Å²) in [6.45, 7) is -0.421. The highest BCUT2D eigenvalue weighted by Gasteiger charge is 2.35. The van der Waals surface area contributed by atoms with Crippen LogP contribution in [0.25, 0.3) is 0 Å². The first-order valence-corrected chi connectivity index (χ1v) is 5.08. The molecule has 0 aromatic heterocycles. The number of amides is 2. The molecule has 2 amide bonds. The maximum Gasteiger partial charge on any atom is 0.414 e. The third kappa shape index (κ3) is 2.17. The highest BCUT2D eigenvalue weighted by Crippen LogP contribution is 2.26. The van der Waals surface area contributed by atoms with Crippen LogP contribution in [0.4, 0.5) is 13.6 Å².